The zero-order valence-electron chi connectivity index (χ0n) is 14.1. The lowest BCUT2D eigenvalue weighted by molar-refractivity contribution is -0.136. The van der Waals surface area contributed by atoms with Crippen LogP contribution in [0.3, 0.4) is 0 Å². The Morgan fingerprint density at radius 2 is 1.85 bits per heavy atom. The van der Waals surface area contributed by atoms with Crippen LogP contribution in [-0.2, 0) is 10.9 Å². The minimum absolute atomic E-state index is 0.0204. The number of pyridine rings is 1. The highest BCUT2D eigenvalue weighted by Crippen LogP contribution is 2.37. The number of para-hydroxylation sites is 1. The zero-order valence-corrected chi connectivity index (χ0v) is 14.1. The maximum absolute atomic E-state index is 13.3. The number of halogens is 4. The largest absolute Gasteiger partial charge is 0.462 e. The van der Waals surface area contributed by atoms with Crippen molar-refractivity contribution < 1.29 is 27.1 Å². The number of benzene rings is 2. The highest BCUT2D eigenvalue weighted by Gasteiger charge is 2.34. The third-order valence-electron chi connectivity index (χ3n) is 3.81. The van der Waals surface area contributed by atoms with Crippen molar-refractivity contribution in [1.82, 2.24) is 4.98 Å². The second-order valence-electron chi connectivity index (χ2n) is 5.60. The van der Waals surface area contributed by atoms with Gasteiger partial charge in [0.25, 0.3) is 0 Å². The molecule has 0 aliphatic rings. The van der Waals surface area contributed by atoms with Gasteiger partial charge in [0.1, 0.15) is 11.4 Å². The maximum Gasteiger partial charge on any atom is 0.418 e. The van der Waals surface area contributed by atoms with Crippen LogP contribution < -0.4 is 5.32 Å². The monoisotopic (exact) mass is 378 g/mol. The van der Waals surface area contributed by atoms with Crippen LogP contribution in [0.4, 0.5) is 28.9 Å². The van der Waals surface area contributed by atoms with Crippen molar-refractivity contribution in [3.05, 3.63) is 65.6 Å². The average molecular weight is 378 g/mol. The van der Waals surface area contributed by atoms with E-state index in [2.05, 4.69) is 10.3 Å². The van der Waals surface area contributed by atoms with Gasteiger partial charge in [-0.1, -0.05) is 12.1 Å². The molecule has 0 aliphatic carbocycles. The summed E-state index contributed by atoms with van der Waals surface area (Å²) in [6.07, 6.45) is -3.56. The van der Waals surface area contributed by atoms with E-state index >= 15 is 0 Å². The minimum atomic E-state index is -4.61. The summed E-state index contributed by atoms with van der Waals surface area (Å²) in [5.74, 6) is -1.20. The summed E-state index contributed by atoms with van der Waals surface area (Å²) in [6, 6.07) is 8.77. The molecule has 0 fully saturated rings. The quantitative estimate of drug-likeness (QED) is 0.494. The Morgan fingerprint density at radius 1 is 1.15 bits per heavy atom. The van der Waals surface area contributed by atoms with Gasteiger partial charge in [-0.2, -0.15) is 13.2 Å². The van der Waals surface area contributed by atoms with Gasteiger partial charge in [-0.3, -0.25) is 4.98 Å². The molecule has 0 aliphatic heterocycles. The van der Waals surface area contributed by atoms with Crippen molar-refractivity contribution in [1.29, 1.82) is 0 Å². The van der Waals surface area contributed by atoms with Gasteiger partial charge in [-0.25, -0.2) is 9.18 Å². The molecule has 0 spiro atoms. The van der Waals surface area contributed by atoms with Crippen LogP contribution >= 0.6 is 0 Å². The Bertz CT molecular complexity index is 985. The molecule has 4 nitrogen and oxygen atoms in total. The van der Waals surface area contributed by atoms with E-state index in [-0.39, 0.29) is 28.8 Å². The average Bonchev–Trinajstić information content (AvgIpc) is 2.62. The summed E-state index contributed by atoms with van der Waals surface area (Å²) in [5.41, 5.74) is -0.740. The molecule has 8 heteroatoms. The van der Waals surface area contributed by atoms with Crippen molar-refractivity contribution in [2.45, 2.75) is 13.1 Å². The molecule has 1 N–H and O–H groups in total. The van der Waals surface area contributed by atoms with E-state index in [4.69, 9.17) is 4.74 Å². The molecule has 140 valence electrons. The molecule has 1 aromatic heterocycles. The zero-order chi connectivity index (χ0) is 19.6. The second kappa shape index (κ2) is 7.22. The fraction of sp³-hybridized carbons (Fsp3) is 0.158. The van der Waals surface area contributed by atoms with E-state index in [0.717, 1.165) is 12.3 Å². The van der Waals surface area contributed by atoms with Gasteiger partial charge in [0.05, 0.1) is 23.4 Å². The summed E-state index contributed by atoms with van der Waals surface area (Å²) in [4.78, 5) is 16.1. The second-order valence-corrected chi connectivity index (χ2v) is 5.60. The summed E-state index contributed by atoms with van der Waals surface area (Å²) < 4.78 is 58.0. The first-order valence-electron chi connectivity index (χ1n) is 8.00. The molecule has 0 radical (unpaired) electrons. The summed E-state index contributed by atoms with van der Waals surface area (Å²) >= 11 is 0. The van der Waals surface area contributed by atoms with Crippen molar-refractivity contribution >= 4 is 28.2 Å². The van der Waals surface area contributed by atoms with Gasteiger partial charge >= 0.3 is 12.1 Å². The number of nitrogens with zero attached hydrogens (tertiary/aromatic N) is 1. The van der Waals surface area contributed by atoms with Crippen molar-refractivity contribution in [3.63, 3.8) is 0 Å². The number of ether oxygens (including phenoxy) is 1. The van der Waals surface area contributed by atoms with E-state index < -0.39 is 23.5 Å². The smallest absolute Gasteiger partial charge is 0.418 e. The predicted molar refractivity (Wildman–Crippen MR) is 92.4 cm³/mol. The van der Waals surface area contributed by atoms with Crippen LogP contribution in [0.1, 0.15) is 22.8 Å². The number of carbonyl (C=O) groups excluding carboxylic acids is 1. The molecule has 0 bridgehead atoms. The number of esters is 1. The Morgan fingerprint density at radius 3 is 2.48 bits per heavy atom. The fourth-order valence-electron chi connectivity index (χ4n) is 2.63. The lowest BCUT2D eigenvalue weighted by Gasteiger charge is -2.16. The maximum atomic E-state index is 13.3. The molecular formula is C19H14F4N2O2. The number of aromatic nitrogens is 1. The standard InChI is InChI=1S/C19H14F4N2O2/c1-2-27-18(26)14-10-24-17-13(4-3-5-15(17)19(21,22)23)16(14)25-12-8-6-11(20)7-9-12/h3-10H,2H2,1H3,(H,24,25). The van der Waals surface area contributed by atoms with E-state index in [1.54, 1.807) is 6.92 Å². The van der Waals surface area contributed by atoms with Crippen LogP contribution in [0, 0.1) is 5.82 Å². The van der Waals surface area contributed by atoms with Gasteiger partial charge < -0.3 is 10.1 Å². The lowest BCUT2D eigenvalue weighted by Crippen LogP contribution is -2.11. The highest BCUT2D eigenvalue weighted by molar-refractivity contribution is 6.06. The number of nitrogens with one attached hydrogen (secondary N) is 1. The summed E-state index contributed by atoms with van der Waals surface area (Å²) in [7, 11) is 0. The molecule has 0 amide bonds. The highest BCUT2D eigenvalue weighted by atomic mass is 19.4. The number of rotatable bonds is 4. The van der Waals surface area contributed by atoms with Crippen molar-refractivity contribution in [3.8, 4) is 0 Å². The Balaban J connectivity index is 2.22. The third kappa shape index (κ3) is 3.84. The van der Waals surface area contributed by atoms with E-state index in [9.17, 15) is 22.4 Å². The van der Waals surface area contributed by atoms with E-state index in [0.29, 0.717) is 5.69 Å². The number of hydrogen-bond acceptors (Lipinski definition) is 4. The van der Waals surface area contributed by atoms with Crippen LogP contribution in [0.5, 0.6) is 0 Å². The Hall–Kier alpha value is -3.16. The van der Waals surface area contributed by atoms with Gasteiger partial charge in [-0.15, -0.1) is 0 Å². The Kier molecular flexibility index (Phi) is 4.98. The van der Waals surface area contributed by atoms with Gasteiger partial charge in [-0.05, 0) is 37.3 Å². The number of carbonyl (C=O) groups is 1. The number of anilines is 2. The Labute approximate surface area is 151 Å². The summed E-state index contributed by atoms with van der Waals surface area (Å²) in [6.45, 7) is 1.71. The molecule has 3 aromatic rings. The van der Waals surface area contributed by atoms with Gasteiger partial charge in [0, 0.05) is 17.3 Å². The van der Waals surface area contributed by atoms with Crippen LogP contribution in [0.2, 0.25) is 0 Å². The molecule has 0 saturated carbocycles. The van der Waals surface area contributed by atoms with Crippen LogP contribution in [0.15, 0.2) is 48.7 Å². The molecule has 2 aromatic carbocycles. The third-order valence-corrected chi connectivity index (χ3v) is 3.81. The van der Waals surface area contributed by atoms with Crippen LogP contribution in [-0.4, -0.2) is 17.6 Å². The first-order valence-corrected chi connectivity index (χ1v) is 8.00. The predicted octanol–water partition coefficient (Wildman–Crippen LogP) is 5.31. The molecule has 27 heavy (non-hydrogen) atoms. The lowest BCUT2D eigenvalue weighted by atomic mass is 10.0. The molecule has 0 atom stereocenters. The fourth-order valence-corrected chi connectivity index (χ4v) is 2.63. The number of hydrogen-bond donors (Lipinski definition) is 1. The van der Waals surface area contributed by atoms with Crippen LogP contribution in [0.25, 0.3) is 10.9 Å². The normalized spacial score (nSPS) is 11.4. The van der Waals surface area contributed by atoms with Crippen molar-refractivity contribution in [2.24, 2.45) is 0 Å². The number of fused-ring (bicyclic) bond motifs is 1. The van der Waals surface area contributed by atoms with Gasteiger partial charge in [0.2, 0.25) is 0 Å². The molecular weight excluding hydrogens is 364 g/mol. The number of alkyl halides is 3. The molecule has 0 saturated heterocycles. The molecule has 1 heterocycles. The first kappa shape index (κ1) is 18.6. The van der Waals surface area contributed by atoms with Gasteiger partial charge in [0.15, 0.2) is 0 Å². The van der Waals surface area contributed by atoms with E-state index in [1.165, 1.54) is 36.4 Å². The first-order chi connectivity index (χ1) is 12.8. The minimum Gasteiger partial charge on any atom is -0.462 e. The topological polar surface area (TPSA) is 51.2 Å². The van der Waals surface area contributed by atoms with Crippen molar-refractivity contribution in [2.75, 3.05) is 11.9 Å². The SMILES string of the molecule is CCOC(=O)c1cnc2c(C(F)(F)F)cccc2c1Nc1ccc(F)cc1. The summed E-state index contributed by atoms with van der Waals surface area (Å²) in [5, 5.41) is 2.98. The molecule has 3 rings (SSSR count). The van der Waals surface area contributed by atoms with E-state index in [1.807, 2.05) is 0 Å². The molecule has 0 unspecified atom stereocenters.